The normalized spacial score (nSPS) is 15.1. The van der Waals surface area contributed by atoms with Gasteiger partial charge in [0.25, 0.3) is 5.91 Å². The minimum Gasteiger partial charge on any atom is -0.450 e. The number of fused-ring (bicyclic) bond motifs is 2. The molecular weight excluding hydrogens is 536 g/mol. The Bertz CT molecular complexity index is 1910. The predicted molar refractivity (Wildman–Crippen MR) is 161 cm³/mol. The fraction of sp³-hybridized carbons (Fsp3) is 0.152. The van der Waals surface area contributed by atoms with Crippen molar-refractivity contribution in [3.8, 4) is 22.3 Å². The number of anilines is 2. The zero-order valence-electron chi connectivity index (χ0n) is 22.9. The smallest absolute Gasteiger partial charge is 0.294 e. The third kappa shape index (κ3) is 4.70. The summed E-state index contributed by atoms with van der Waals surface area (Å²) >= 11 is 0. The van der Waals surface area contributed by atoms with Crippen LogP contribution in [0.5, 0.6) is 0 Å². The Kier molecular flexibility index (Phi) is 6.50. The molecule has 4 aromatic carbocycles. The van der Waals surface area contributed by atoms with Crippen LogP contribution in [0.3, 0.4) is 0 Å². The lowest BCUT2D eigenvalue weighted by molar-refractivity contribution is -0.117. The van der Waals surface area contributed by atoms with Gasteiger partial charge in [0.05, 0.1) is 22.3 Å². The maximum Gasteiger partial charge on any atom is 0.294 e. The van der Waals surface area contributed by atoms with Gasteiger partial charge in [-0.25, -0.2) is 8.42 Å². The van der Waals surface area contributed by atoms with Gasteiger partial charge in [-0.15, -0.1) is 0 Å². The van der Waals surface area contributed by atoms with Gasteiger partial charge in [-0.05, 0) is 53.9 Å². The van der Waals surface area contributed by atoms with Crippen LogP contribution in [0.2, 0.25) is 0 Å². The van der Waals surface area contributed by atoms with Gasteiger partial charge in [0, 0.05) is 30.7 Å². The van der Waals surface area contributed by atoms with E-state index in [1.165, 1.54) is 13.2 Å². The summed E-state index contributed by atoms with van der Waals surface area (Å²) < 4.78 is 30.1. The quantitative estimate of drug-likeness (QED) is 0.246. The molecule has 0 aliphatic carbocycles. The molecule has 0 N–H and O–H groups in total. The zero-order chi connectivity index (χ0) is 28.9. The molecule has 1 aromatic heterocycles. The number of carbonyl (C=O) groups is 2. The van der Waals surface area contributed by atoms with Crippen LogP contribution >= 0.6 is 0 Å². The number of hydrogen-bond donors (Lipinski definition) is 0. The Morgan fingerprint density at radius 3 is 2.15 bits per heavy atom. The van der Waals surface area contributed by atoms with Crippen molar-refractivity contribution in [3.05, 3.63) is 103 Å². The lowest BCUT2D eigenvalue weighted by Crippen LogP contribution is -2.51. The molecule has 206 valence electrons. The van der Waals surface area contributed by atoms with E-state index in [2.05, 4.69) is 0 Å². The van der Waals surface area contributed by atoms with Crippen molar-refractivity contribution in [3.63, 3.8) is 0 Å². The Balaban J connectivity index is 1.50. The Morgan fingerprint density at radius 1 is 0.805 bits per heavy atom. The average Bonchev–Trinajstić information content (AvgIpc) is 3.35. The van der Waals surface area contributed by atoms with E-state index in [1.54, 1.807) is 34.1 Å². The fourth-order valence-corrected chi connectivity index (χ4v) is 6.21. The molecule has 0 unspecified atom stereocenters. The monoisotopic (exact) mass is 564 g/mol. The van der Waals surface area contributed by atoms with E-state index in [1.807, 2.05) is 79.7 Å². The summed E-state index contributed by atoms with van der Waals surface area (Å²) in [4.78, 5) is 30.7. The summed E-state index contributed by atoms with van der Waals surface area (Å²) in [7, 11) is -3.34. The van der Waals surface area contributed by atoms with Crippen molar-refractivity contribution in [1.29, 1.82) is 0 Å². The number of benzene rings is 4. The highest BCUT2D eigenvalue weighted by atomic mass is 32.2. The number of para-hydroxylation sites is 1. The predicted octanol–water partition coefficient (Wildman–Crippen LogP) is 6.57. The maximum absolute atomic E-state index is 14.4. The highest BCUT2D eigenvalue weighted by Gasteiger charge is 2.36. The van der Waals surface area contributed by atoms with Crippen LogP contribution in [-0.2, 0) is 14.6 Å². The number of furan rings is 1. The minimum absolute atomic E-state index is 0.121. The lowest BCUT2D eigenvalue weighted by atomic mass is 9.98. The first kappa shape index (κ1) is 26.5. The third-order valence-corrected chi connectivity index (χ3v) is 8.59. The van der Waals surface area contributed by atoms with Gasteiger partial charge in [-0.3, -0.25) is 9.59 Å². The molecule has 7 nitrogen and oxygen atoms in total. The van der Waals surface area contributed by atoms with E-state index in [0.717, 1.165) is 27.6 Å². The molecular formula is C33H28N2O5S. The molecule has 8 heteroatoms. The van der Waals surface area contributed by atoms with Crippen LogP contribution in [0.15, 0.2) is 106 Å². The average molecular weight is 565 g/mol. The summed E-state index contributed by atoms with van der Waals surface area (Å²) in [6.07, 6.45) is 1.17. The molecule has 0 bridgehead atoms. The van der Waals surface area contributed by atoms with E-state index in [0.29, 0.717) is 17.0 Å². The lowest BCUT2D eigenvalue weighted by Gasteiger charge is -2.40. The number of hydrogen-bond acceptors (Lipinski definition) is 5. The van der Waals surface area contributed by atoms with Crippen LogP contribution in [0, 0.1) is 0 Å². The van der Waals surface area contributed by atoms with Gasteiger partial charge >= 0.3 is 0 Å². The second-order valence-corrected chi connectivity index (χ2v) is 12.3. The van der Waals surface area contributed by atoms with Crippen molar-refractivity contribution in [2.45, 2.75) is 24.8 Å². The largest absolute Gasteiger partial charge is 0.450 e. The summed E-state index contributed by atoms with van der Waals surface area (Å²) in [5.41, 5.74) is 4.98. The number of sulfone groups is 1. The van der Waals surface area contributed by atoms with Crippen LogP contribution < -0.4 is 9.80 Å². The molecule has 1 aliphatic rings. The van der Waals surface area contributed by atoms with E-state index in [4.69, 9.17) is 4.42 Å². The van der Waals surface area contributed by atoms with Gasteiger partial charge in [0.1, 0.15) is 5.58 Å². The van der Waals surface area contributed by atoms with Gasteiger partial charge in [0.2, 0.25) is 11.7 Å². The van der Waals surface area contributed by atoms with Gasteiger partial charge in [0.15, 0.2) is 9.84 Å². The molecule has 5 aromatic rings. The topological polar surface area (TPSA) is 87.9 Å². The first-order valence-corrected chi connectivity index (χ1v) is 15.2. The van der Waals surface area contributed by atoms with Gasteiger partial charge in [-0.1, -0.05) is 66.7 Å². The second kappa shape index (κ2) is 10.1. The Hall–Kier alpha value is -4.69. The zero-order valence-corrected chi connectivity index (χ0v) is 23.7. The van der Waals surface area contributed by atoms with Gasteiger partial charge < -0.3 is 14.2 Å². The summed E-state index contributed by atoms with van der Waals surface area (Å²) in [5.74, 6) is -0.194. The molecule has 1 atom stereocenters. The van der Waals surface area contributed by atoms with Crippen molar-refractivity contribution < 1.29 is 22.4 Å². The van der Waals surface area contributed by atoms with Crippen molar-refractivity contribution in [2.75, 3.05) is 22.6 Å². The van der Waals surface area contributed by atoms with E-state index in [9.17, 15) is 18.0 Å². The number of carbonyl (C=O) groups excluding carboxylic acids is 2. The number of nitrogens with zero attached hydrogens (tertiary/aromatic N) is 2. The van der Waals surface area contributed by atoms with Crippen LogP contribution in [0.25, 0.3) is 33.2 Å². The standard InChI is InChI=1S/C33H28N2O5S/c1-21-20-34(33(37)32-31(24-9-5-4-6-10-24)27-11-7-8-12-30(27)40-32)29-19-25(15-18-28(29)35(21)22(2)36)23-13-16-26(17-14-23)41(3,38)39/h4-19,21H,20H2,1-3H3/t21-/m0/s1. The fourth-order valence-electron chi connectivity index (χ4n) is 5.58. The molecule has 0 fully saturated rings. The first-order chi connectivity index (χ1) is 19.6. The Labute approximate surface area is 238 Å². The van der Waals surface area contributed by atoms with Crippen molar-refractivity contribution >= 4 is 44.0 Å². The third-order valence-electron chi connectivity index (χ3n) is 7.47. The number of rotatable bonds is 4. The number of amides is 2. The molecule has 41 heavy (non-hydrogen) atoms. The second-order valence-electron chi connectivity index (χ2n) is 10.3. The van der Waals surface area contributed by atoms with E-state index < -0.39 is 9.84 Å². The maximum atomic E-state index is 14.4. The minimum atomic E-state index is -3.34. The van der Waals surface area contributed by atoms with Crippen LogP contribution in [-0.4, -0.2) is 39.1 Å². The van der Waals surface area contributed by atoms with E-state index >= 15 is 0 Å². The highest BCUT2D eigenvalue weighted by Crippen LogP contribution is 2.42. The molecule has 6 rings (SSSR count). The summed E-state index contributed by atoms with van der Waals surface area (Å²) in [6.45, 7) is 3.70. The molecule has 0 radical (unpaired) electrons. The Morgan fingerprint density at radius 2 is 1.46 bits per heavy atom. The van der Waals surface area contributed by atoms with Crippen LogP contribution in [0.1, 0.15) is 24.4 Å². The van der Waals surface area contributed by atoms with E-state index in [-0.39, 0.29) is 35.1 Å². The molecule has 1 aliphatic heterocycles. The van der Waals surface area contributed by atoms with Crippen molar-refractivity contribution in [2.24, 2.45) is 0 Å². The van der Waals surface area contributed by atoms with Crippen LogP contribution in [0.4, 0.5) is 11.4 Å². The summed E-state index contributed by atoms with van der Waals surface area (Å²) in [5, 5.41) is 0.845. The molecule has 2 heterocycles. The molecule has 2 amide bonds. The first-order valence-electron chi connectivity index (χ1n) is 13.3. The SMILES string of the molecule is CC(=O)N1c2ccc(-c3ccc(S(C)(=O)=O)cc3)cc2N(C(=O)c2oc3ccccc3c2-c2ccccc2)C[C@@H]1C. The molecule has 0 spiro atoms. The van der Waals surface area contributed by atoms with Gasteiger partial charge in [-0.2, -0.15) is 0 Å². The highest BCUT2D eigenvalue weighted by molar-refractivity contribution is 7.90. The van der Waals surface area contributed by atoms with Crippen molar-refractivity contribution in [1.82, 2.24) is 0 Å². The summed E-state index contributed by atoms with van der Waals surface area (Å²) in [6, 6.07) is 29.2. The molecule has 0 saturated carbocycles. The molecule has 0 saturated heterocycles.